The Morgan fingerprint density at radius 1 is 1.25 bits per heavy atom. The molecule has 0 unspecified atom stereocenters. The molecule has 0 aliphatic carbocycles. The Morgan fingerprint density at radius 2 is 1.90 bits per heavy atom. The maximum absolute atomic E-state index is 11.8. The van der Waals surface area contributed by atoms with Gasteiger partial charge in [0.05, 0.1) is 26.2 Å². The minimum absolute atomic E-state index is 0.00355. The molecule has 3 nitrogen and oxygen atoms in total. The molecule has 0 saturated carbocycles. The third-order valence-electron chi connectivity index (χ3n) is 3.47. The summed E-state index contributed by atoms with van der Waals surface area (Å²) < 4.78 is 10.6. The summed E-state index contributed by atoms with van der Waals surface area (Å²) in [4.78, 5) is 11.8. The van der Waals surface area contributed by atoms with E-state index in [-0.39, 0.29) is 17.8 Å². The van der Waals surface area contributed by atoms with Gasteiger partial charge in [-0.15, -0.1) is 0 Å². The maximum atomic E-state index is 11.8. The molecule has 0 fully saturated rings. The predicted octanol–water partition coefficient (Wildman–Crippen LogP) is 3.59. The topological polar surface area (TPSA) is 35.5 Å². The predicted molar refractivity (Wildman–Crippen MR) is 80.2 cm³/mol. The van der Waals surface area contributed by atoms with Crippen LogP contribution in [0.15, 0.2) is 42.5 Å². The monoisotopic (exact) mass is 276 g/mol. The van der Waals surface area contributed by atoms with Crippen LogP contribution in [0.2, 0.25) is 0 Å². The van der Waals surface area contributed by atoms with E-state index in [2.05, 4.69) is 6.58 Å². The van der Waals surface area contributed by atoms with Crippen LogP contribution in [0, 0.1) is 11.8 Å². The Bertz CT molecular complexity index is 425. The summed E-state index contributed by atoms with van der Waals surface area (Å²) >= 11 is 0. The van der Waals surface area contributed by atoms with Crippen LogP contribution in [-0.4, -0.2) is 19.7 Å². The van der Waals surface area contributed by atoms with Crippen molar-refractivity contribution in [1.82, 2.24) is 0 Å². The normalized spacial score (nSPS) is 13.6. The first-order valence-corrected chi connectivity index (χ1v) is 6.95. The van der Waals surface area contributed by atoms with Gasteiger partial charge in [0, 0.05) is 5.92 Å². The van der Waals surface area contributed by atoms with Gasteiger partial charge in [0.1, 0.15) is 0 Å². The molecule has 0 aliphatic rings. The van der Waals surface area contributed by atoms with E-state index in [0.717, 1.165) is 17.6 Å². The Hall–Kier alpha value is -1.61. The first-order valence-electron chi connectivity index (χ1n) is 6.95. The molecule has 1 aromatic rings. The third-order valence-corrected chi connectivity index (χ3v) is 3.47. The van der Waals surface area contributed by atoms with Crippen LogP contribution < -0.4 is 0 Å². The summed E-state index contributed by atoms with van der Waals surface area (Å²) in [6, 6.07) is 9.99. The van der Waals surface area contributed by atoms with E-state index in [0.29, 0.717) is 13.2 Å². The molecular weight excluding hydrogens is 252 g/mol. The van der Waals surface area contributed by atoms with Gasteiger partial charge in [-0.25, -0.2) is 0 Å². The van der Waals surface area contributed by atoms with Crippen molar-refractivity contribution in [3.8, 4) is 0 Å². The summed E-state index contributed by atoms with van der Waals surface area (Å²) in [5.74, 6) is -0.381. The van der Waals surface area contributed by atoms with Gasteiger partial charge in [0.2, 0.25) is 0 Å². The van der Waals surface area contributed by atoms with Crippen molar-refractivity contribution in [2.45, 2.75) is 26.9 Å². The molecule has 0 radical (unpaired) electrons. The lowest BCUT2D eigenvalue weighted by Crippen LogP contribution is -2.28. The van der Waals surface area contributed by atoms with Gasteiger partial charge in [-0.3, -0.25) is 4.79 Å². The highest BCUT2D eigenvalue weighted by molar-refractivity contribution is 5.73. The lowest BCUT2D eigenvalue weighted by atomic mass is 9.86. The van der Waals surface area contributed by atoms with E-state index in [1.54, 1.807) is 0 Å². The summed E-state index contributed by atoms with van der Waals surface area (Å²) in [6.07, 6.45) is 0.721. The van der Waals surface area contributed by atoms with Crippen molar-refractivity contribution in [1.29, 1.82) is 0 Å². The molecule has 1 rings (SSSR count). The molecule has 0 N–H and O–H groups in total. The zero-order valence-electron chi connectivity index (χ0n) is 12.6. The van der Waals surface area contributed by atoms with Gasteiger partial charge in [-0.1, -0.05) is 49.4 Å². The van der Waals surface area contributed by atoms with Gasteiger partial charge in [-0.05, 0) is 18.9 Å². The fourth-order valence-electron chi connectivity index (χ4n) is 2.25. The van der Waals surface area contributed by atoms with Crippen molar-refractivity contribution in [2.24, 2.45) is 11.8 Å². The molecule has 20 heavy (non-hydrogen) atoms. The fraction of sp³-hybridized carbons (Fsp3) is 0.471. The molecule has 0 aromatic heterocycles. The van der Waals surface area contributed by atoms with Crippen LogP contribution in [0.25, 0.3) is 0 Å². The number of rotatable bonds is 8. The molecule has 0 spiro atoms. The van der Waals surface area contributed by atoms with E-state index < -0.39 is 0 Å². The summed E-state index contributed by atoms with van der Waals surface area (Å²) in [7, 11) is 1.42. The van der Waals surface area contributed by atoms with Crippen molar-refractivity contribution in [3.63, 3.8) is 0 Å². The van der Waals surface area contributed by atoms with Crippen LogP contribution >= 0.6 is 0 Å². The lowest BCUT2D eigenvalue weighted by Gasteiger charge is -2.24. The average molecular weight is 276 g/mol. The SMILES string of the molecule is C=C(C)[C@H](COCc1ccccc1)[C@H](CC)C(=O)OC. The third kappa shape index (κ3) is 4.82. The Kier molecular flexibility index (Phi) is 7.02. The highest BCUT2D eigenvalue weighted by atomic mass is 16.5. The number of carbonyl (C=O) groups excluding carboxylic acids is 1. The highest BCUT2D eigenvalue weighted by Crippen LogP contribution is 2.24. The zero-order valence-corrected chi connectivity index (χ0v) is 12.6. The number of methoxy groups -OCH3 is 1. The molecule has 0 amide bonds. The minimum Gasteiger partial charge on any atom is -0.469 e. The van der Waals surface area contributed by atoms with Crippen molar-refractivity contribution >= 4 is 5.97 Å². The van der Waals surface area contributed by atoms with Gasteiger partial charge >= 0.3 is 5.97 Å². The Balaban J connectivity index is 2.59. The fourth-order valence-corrected chi connectivity index (χ4v) is 2.25. The molecule has 110 valence electrons. The van der Waals surface area contributed by atoms with Crippen LogP contribution in [0.5, 0.6) is 0 Å². The number of esters is 1. The second-order valence-electron chi connectivity index (χ2n) is 4.99. The number of ether oxygens (including phenoxy) is 2. The van der Waals surface area contributed by atoms with Crippen molar-refractivity contribution in [3.05, 3.63) is 48.0 Å². The van der Waals surface area contributed by atoms with Crippen molar-refractivity contribution < 1.29 is 14.3 Å². The van der Waals surface area contributed by atoms with E-state index in [9.17, 15) is 4.79 Å². The molecule has 2 atom stereocenters. The van der Waals surface area contributed by atoms with Gasteiger partial charge in [0.15, 0.2) is 0 Å². The van der Waals surface area contributed by atoms with Crippen LogP contribution in [0.4, 0.5) is 0 Å². The van der Waals surface area contributed by atoms with Gasteiger partial charge < -0.3 is 9.47 Å². The zero-order chi connectivity index (χ0) is 15.0. The molecule has 3 heteroatoms. The summed E-state index contributed by atoms with van der Waals surface area (Å²) in [5.41, 5.74) is 2.08. The second kappa shape index (κ2) is 8.54. The number of hydrogen-bond donors (Lipinski definition) is 0. The van der Waals surface area contributed by atoms with E-state index in [1.165, 1.54) is 7.11 Å². The molecule has 0 bridgehead atoms. The number of benzene rings is 1. The van der Waals surface area contributed by atoms with E-state index in [1.807, 2.05) is 44.2 Å². The smallest absolute Gasteiger partial charge is 0.309 e. The highest BCUT2D eigenvalue weighted by Gasteiger charge is 2.28. The van der Waals surface area contributed by atoms with Crippen molar-refractivity contribution in [2.75, 3.05) is 13.7 Å². The van der Waals surface area contributed by atoms with E-state index in [4.69, 9.17) is 9.47 Å². The second-order valence-corrected chi connectivity index (χ2v) is 4.99. The minimum atomic E-state index is -0.191. The quantitative estimate of drug-likeness (QED) is 0.537. The molecule has 0 saturated heterocycles. The number of hydrogen-bond acceptors (Lipinski definition) is 3. The first-order chi connectivity index (χ1) is 9.60. The Labute approximate surface area is 121 Å². The van der Waals surface area contributed by atoms with Gasteiger partial charge in [-0.2, -0.15) is 0 Å². The standard InChI is InChI=1S/C17H24O3/c1-5-15(17(18)19-4)16(13(2)3)12-20-11-14-9-7-6-8-10-14/h6-10,15-16H,2,5,11-12H2,1,3-4H3/t15-,16-/m0/s1. The largest absolute Gasteiger partial charge is 0.469 e. The first kappa shape index (κ1) is 16.4. The maximum Gasteiger partial charge on any atom is 0.309 e. The van der Waals surface area contributed by atoms with Crippen LogP contribution in [-0.2, 0) is 20.9 Å². The molecular formula is C17H24O3. The van der Waals surface area contributed by atoms with Crippen LogP contribution in [0.1, 0.15) is 25.8 Å². The van der Waals surface area contributed by atoms with Gasteiger partial charge in [0.25, 0.3) is 0 Å². The summed E-state index contributed by atoms with van der Waals surface area (Å²) in [6.45, 7) is 8.92. The molecule has 1 aromatic carbocycles. The summed E-state index contributed by atoms with van der Waals surface area (Å²) in [5, 5.41) is 0. The lowest BCUT2D eigenvalue weighted by molar-refractivity contribution is -0.148. The Morgan fingerprint density at radius 3 is 2.40 bits per heavy atom. The molecule has 0 aliphatic heterocycles. The van der Waals surface area contributed by atoms with Crippen LogP contribution in [0.3, 0.4) is 0 Å². The number of carbonyl (C=O) groups is 1. The average Bonchev–Trinajstić information content (AvgIpc) is 2.46. The van der Waals surface area contributed by atoms with E-state index >= 15 is 0 Å². The molecule has 0 heterocycles.